The molecule has 39 heavy (non-hydrogen) atoms. The van der Waals surface area contributed by atoms with Crippen molar-refractivity contribution in [1.29, 1.82) is 0 Å². The van der Waals surface area contributed by atoms with E-state index in [1.165, 1.54) is 11.3 Å². The maximum Gasteiger partial charge on any atom is 0.328 e. The predicted octanol–water partition coefficient (Wildman–Crippen LogP) is 1.56. The third-order valence-electron chi connectivity index (χ3n) is 6.94. The summed E-state index contributed by atoms with van der Waals surface area (Å²) in [6.07, 6.45) is 7.97. The third kappa shape index (κ3) is 9.78. The van der Waals surface area contributed by atoms with Gasteiger partial charge in [-0.15, -0.1) is 0 Å². The van der Waals surface area contributed by atoms with Crippen LogP contribution in [0.15, 0.2) is 36.5 Å². The lowest BCUT2D eigenvalue weighted by Crippen LogP contribution is -2.51. The molecule has 212 valence electrons. The molecule has 3 fully saturated rings. The van der Waals surface area contributed by atoms with E-state index in [2.05, 4.69) is 14.8 Å². The van der Waals surface area contributed by atoms with Crippen molar-refractivity contribution < 1.29 is 38.9 Å². The van der Waals surface area contributed by atoms with E-state index in [0.717, 1.165) is 57.7 Å². The van der Waals surface area contributed by atoms with Gasteiger partial charge in [0.25, 0.3) is 0 Å². The van der Waals surface area contributed by atoms with Gasteiger partial charge in [-0.1, -0.05) is 25.3 Å². The summed E-state index contributed by atoms with van der Waals surface area (Å²) in [6.45, 7) is 4.00. The first-order valence-electron chi connectivity index (χ1n) is 13.3. The molecule has 1 aromatic heterocycles. The van der Waals surface area contributed by atoms with Crippen LogP contribution >= 0.6 is 0 Å². The summed E-state index contributed by atoms with van der Waals surface area (Å²) in [5, 5.41) is 15.6. The number of amides is 2. The number of pyridine rings is 1. The van der Waals surface area contributed by atoms with Gasteiger partial charge in [0.1, 0.15) is 11.9 Å². The van der Waals surface area contributed by atoms with Crippen LogP contribution in [0.3, 0.4) is 0 Å². The first kappa shape index (κ1) is 29.8. The highest BCUT2D eigenvalue weighted by molar-refractivity contribution is 6.02. The van der Waals surface area contributed by atoms with E-state index in [0.29, 0.717) is 18.7 Å². The van der Waals surface area contributed by atoms with Crippen molar-refractivity contribution in [2.75, 3.05) is 44.2 Å². The minimum atomic E-state index is -1.26. The van der Waals surface area contributed by atoms with E-state index in [9.17, 15) is 24.0 Å². The molecule has 0 bridgehead atoms. The number of rotatable bonds is 9. The first-order valence-corrected chi connectivity index (χ1v) is 13.3. The smallest absolute Gasteiger partial charge is 0.328 e. The van der Waals surface area contributed by atoms with Crippen LogP contribution in [0.2, 0.25) is 0 Å². The van der Waals surface area contributed by atoms with Gasteiger partial charge in [0.05, 0.1) is 12.5 Å². The van der Waals surface area contributed by atoms with Crippen molar-refractivity contribution in [3.8, 4) is 0 Å². The fraction of sp³-hybridized carbons (Fsp3) is 0.556. The summed E-state index contributed by atoms with van der Waals surface area (Å²) in [4.78, 5) is 66.4. The minimum absolute atomic E-state index is 0.0535. The van der Waals surface area contributed by atoms with Crippen LogP contribution in [-0.2, 0) is 28.7 Å². The topological polar surface area (TPSA) is 158 Å². The Morgan fingerprint density at radius 3 is 2.08 bits per heavy atom. The summed E-state index contributed by atoms with van der Waals surface area (Å²) in [7, 11) is 0. The lowest BCUT2D eigenvalue weighted by molar-refractivity contribution is -0.160. The number of piperazine rings is 1. The van der Waals surface area contributed by atoms with Gasteiger partial charge in [0.15, 0.2) is 0 Å². The van der Waals surface area contributed by atoms with Crippen LogP contribution in [0.5, 0.6) is 0 Å². The summed E-state index contributed by atoms with van der Waals surface area (Å²) in [5.41, 5.74) is 0. The molecule has 3 heterocycles. The molecular formula is C27H36N4O8. The molecule has 2 N–H and O–H groups in total. The number of hydrogen-bond donors (Lipinski definition) is 2. The average molecular weight is 545 g/mol. The maximum absolute atomic E-state index is 12.8. The molecule has 1 saturated carbocycles. The number of likely N-dealkylation sites (tertiary alicyclic amines) is 1. The van der Waals surface area contributed by atoms with Crippen molar-refractivity contribution >= 4 is 35.5 Å². The van der Waals surface area contributed by atoms with Crippen LogP contribution in [-0.4, -0.2) is 100 Å². The minimum Gasteiger partial charge on any atom is -0.478 e. The molecule has 1 unspecified atom stereocenters. The summed E-state index contributed by atoms with van der Waals surface area (Å²) >= 11 is 0. The number of imide groups is 1. The standard InChI is InChI=1S/C23H32N4O4.C4H4O4/c28-21-9-10-22(29)27(21)17-19(31-23(30)18-6-2-1-3-7-18)16-25-12-14-26(15-13-25)20-8-4-5-11-24-20;5-3(6)1-2-4(7)8/h4-5,8,11,18-19H,1-3,6-7,9-10,12-17H2;1-2H,(H,5,6)(H,7,8)/b;2-1-. The van der Waals surface area contributed by atoms with E-state index >= 15 is 0 Å². The maximum atomic E-state index is 12.8. The van der Waals surface area contributed by atoms with Crippen molar-refractivity contribution in [2.24, 2.45) is 5.92 Å². The molecule has 0 spiro atoms. The van der Waals surface area contributed by atoms with E-state index in [1.54, 1.807) is 6.20 Å². The number of aliphatic carboxylic acids is 2. The van der Waals surface area contributed by atoms with E-state index in [1.807, 2.05) is 18.2 Å². The molecule has 3 aliphatic rings. The molecule has 0 radical (unpaired) electrons. The number of carbonyl (C=O) groups excluding carboxylic acids is 3. The van der Waals surface area contributed by atoms with E-state index in [-0.39, 0.29) is 43.1 Å². The Kier molecular flexibility index (Phi) is 11.4. The molecular weight excluding hydrogens is 508 g/mol. The number of carboxylic acids is 2. The highest BCUT2D eigenvalue weighted by Gasteiger charge is 2.34. The number of hydrogen-bond acceptors (Lipinski definition) is 9. The first-order chi connectivity index (χ1) is 18.7. The zero-order valence-corrected chi connectivity index (χ0v) is 21.9. The van der Waals surface area contributed by atoms with Gasteiger partial charge < -0.3 is 19.8 Å². The van der Waals surface area contributed by atoms with Crippen LogP contribution in [0, 0.1) is 5.92 Å². The number of carboxylic acid groups (broad SMARTS) is 2. The predicted molar refractivity (Wildman–Crippen MR) is 140 cm³/mol. The van der Waals surface area contributed by atoms with Crippen LogP contribution in [0.1, 0.15) is 44.9 Å². The Hall–Kier alpha value is -3.80. The van der Waals surface area contributed by atoms with Crippen molar-refractivity contribution in [2.45, 2.75) is 51.0 Å². The van der Waals surface area contributed by atoms with Crippen molar-refractivity contribution in [1.82, 2.24) is 14.8 Å². The number of aromatic nitrogens is 1. The molecule has 1 atom stereocenters. The lowest BCUT2D eigenvalue weighted by atomic mass is 9.89. The molecule has 2 saturated heterocycles. The molecule has 12 nitrogen and oxygen atoms in total. The fourth-order valence-electron chi connectivity index (χ4n) is 4.89. The van der Waals surface area contributed by atoms with Gasteiger partial charge in [-0.25, -0.2) is 14.6 Å². The zero-order valence-electron chi connectivity index (χ0n) is 21.9. The van der Waals surface area contributed by atoms with Crippen molar-refractivity contribution in [3.63, 3.8) is 0 Å². The van der Waals surface area contributed by atoms with Gasteiger partial charge in [0, 0.05) is 63.9 Å². The molecule has 2 aliphatic heterocycles. The number of anilines is 1. The Bertz CT molecular complexity index is 1000. The molecule has 0 aromatic carbocycles. The largest absolute Gasteiger partial charge is 0.478 e. The second-order valence-electron chi connectivity index (χ2n) is 9.78. The second kappa shape index (κ2) is 15.0. The van der Waals surface area contributed by atoms with E-state index < -0.39 is 18.0 Å². The Labute approximate surface area is 227 Å². The zero-order chi connectivity index (χ0) is 28.2. The monoisotopic (exact) mass is 544 g/mol. The Morgan fingerprint density at radius 2 is 1.54 bits per heavy atom. The van der Waals surface area contributed by atoms with Crippen LogP contribution in [0.4, 0.5) is 5.82 Å². The molecule has 12 heteroatoms. The molecule has 1 aromatic rings. The average Bonchev–Trinajstić information content (AvgIpc) is 3.25. The third-order valence-corrected chi connectivity index (χ3v) is 6.94. The van der Waals surface area contributed by atoms with Gasteiger partial charge in [-0.3, -0.25) is 24.2 Å². The fourth-order valence-corrected chi connectivity index (χ4v) is 4.89. The Morgan fingerprint density at radius 1 is 0.923 bits per heavy atom. The number of nitrogens with zero attached hydrogens (tertiary/aromatic N) is 4. The highest BCUT2D eigenvalue weighted by atomic mass is 16.5. The van der Waals surface area contributed by atoms with Crippen LogP contribution < -0.4 is 4.90 Å². The highest BCUT2D eigenvalue weighted by Crippen LogP contribution is 2.25. The van der Waals surface area contributed by atoms with Gasteiger partial charge >= 0.3 is 17.9 Å². The van der Waals surface area contributed by atoms with Crippen molar-refractivity contribution in [3.05, 3.63) is 36.5 Å². The summed E-state index contributed by atoms with van der Waals surface area (Å²) < 4.78 is 5.91. The quantitative estimate of drug-likeness (QED) is 0.264. The van der Waals surface area contributed by atoms with E-state index in [4.69, 9.17) is 14.9 Å². The summed E-state index contributed by atoms with van der Waals surface area (Å²) in [5.74, 6) is -2.10. The van der Waals surface area contributed by atoms with Gasteiger partial charge in [0.2, 0.25) is 11.8 Å². The molecule has 2 amide bonds. The van der Waals surface area contributed by atoms with Gasteiger partial charge in [-0.05, 0) is 25.0 Å². The molecule has 1 aliphatic carbocycles. The SMILES string of the molecule is O=C(O)/C=C\C(=O)O.O=C(OC(CN1CCN(c2ccccn2)CC1)CN1C(=O)CCC1=O)C1CCCCC1. The second-order valence-corrected chi connectivity index (χ2v) is 9.78. The van der Waals surface area contributed by atoms with Gasteiger partial charge in [-0.2, -0.15) is 0 Å². The molecule has 4 rings (SSSR count). The summed E-state index contributed by atoms with van der Waals surface area (Å²) in [6, 6.07) is 5.90. The normalized spacial score (nSPS) is 19.5. The number of carbonyl (C=O) groups is 5. The van der Waals surface area contributed by atoms with Crippen LogP contribution in [0.25, 0.3) is 0 Å². The number of esters is 1. The number of ether oxygens (including phenoxy) is 1. The lowest BCUT2D eigenvalue weighted by Gasteiger charge is -2.37. The Balaban J connectivity index is 0.000000459.